The van der Waals surface area contributed by atoms with Crippen LogP contribution < -0.4 is 10.2 Å². The first-order chi connectivity index (χ1) is 11.1. The van der Waals surface area contributed by atoms with Crippen LogP contribution in [0.1, 0.15) is 10.5 Å². The van der Waals surface area contributed by atoms with Crippen molar-refractivity contribution < 1.29 is 4.79 Å². The standard InChI is InChI=1S/C17H16N4OS/c1-21(2)14-7-5-13(6-8-14)19-16(22)15-11-23-17(20-15)12-4-3-9-18-10-12/h3-11H,1-2H3,(H,19,22). The molecular weight excluding hydrogens is 308 g/mol. The van der Waals surface area contributed by atoms with Crippen LogP contribution >= 0.6 is 11.3 Å². The lowest BCUT2D eigenvalue weighted by Crippen LogP contribution is -2.13. The van der Waals surface area contributed by atoms with Crippen molar-refractivity contribution in [1.29, 1.82) is 0 Å². The molecule has 0 saturated carbocycles. The summed E-state index contributed by atoms with van der Waals surface area (Å²) in [5, 5.41) is 5.40. The fourth-order valence-electron chi connectivity index (χ4n) is 2.04. The largest absolute Gasteiger partial charge is 0.378 e. The molecular formula is C17H16N4OS. The number of amides is 1. The minimum absolute atomic E-state index is 0.214. The van der Waals surface area contributed by atoms with Crippen molar-refractivity contribution in [3.8, 4) is 10.6 Å². The van der Waals surface area contributed by atoms with Gasteiger partial charge in [-0.2, -0.15) is 0 Å². The van der Waals surface area contributed by atoms with Crippen molar-refractivity contribution >= 4 is 28.6 Å². The molecule has 1 aromatic carbocycles. The van der Waals surface area contributed by atoms with E-state index < -0.39 is 0 Å². The Morgan fingerprint density at radius 2 is 1.96 bits per heavy atom. The molecule has 0 radical (unpaired) electrons. The smallest absolute Gasteiger partial charge is 0.275 e. The lowest BCUT2D eigenvalue weighted by molar-refractivity contribution is 0.102. The van der Waals surface area contributed by atoms with E-state index in [2.05, 4.69) is 15.3 Å². The van der Waals surface area contributed by atoms with E-state index in [-0.39, 0.29) is 5.91 Å². The number of pyridine rings is 1. The average molecular weight is 324 g/mol. The van der Waals surface area contributed by atoms with Gasteiger partial charge >= 0.3 is 0 Å². The first kappa shape index (κ1) is 15.2. The molecule has 3 aromatic rings. The zero-order valence-corrected chi connectivity index (χ0v) is 13.7. The summed E-state index contributed by atoms with van der Waals surface area (Å²) < 4.78 is 0. The number of anilines is 2. The number of nitrogens with zero attached hydrogens (tertiary/aromatic N) is 3. The van der Waals surface area contributed by atoms with Gasteiger partial charge in [-0.05, 0) is 36.4 Å². The highest BCUT2D eigenvalue weighted by Gasteiger charge is 2.12. The minimum atomic E-state index is -0.214. The first-order valence-electron chi connectivity index (χ1n) is 7.08. The molecule has 0 spiro atoms. The fraction of sp³-hybridized carbons (Fsp3) is 0.118. The van der Waals surface area contributed by atoms with Gasteiger partial charge in [0.2, 0.25) is 0 Å². The maximum Gasteiger partial charge on any atom is 0.275 e. The fourth-order valence-corrected chi connectivity index (χ4v) is 2.83. The van der Waals surface area contributed by atoms with Crippen LogP contribution in [-0.2, 0) is 0 Å². The molecule has 2 heterocycles. The molecule has 0 fully saturated rings. The van der Waals surface area contributed by atoms with Crippen LogP contribution in [0.15, 0.2) is 54.2 Å². The highest BCUT2D eigenvalue weighted by atomic mass is 32.1. The van der Waals surface area contributed by atoms with E-state index in [4.69, 9.17) is 0 Å². The summed E-state index contributed by atoms with van der Waals surface area (Å²) in [6.45, 7) is 0. The molecule has 5 nitrogen and oxygen atoms in total. The molecule has 2 aromatic heterocycles. The van der Waals surface area contributed by atoms with Crippen LogP contribution in [0.2, 0.25) is 0 Å². The summed E-state index contributed by atoms with van der Waals surface area (Å²) in [6.07, 6.45) is 3.45. The number of carbonyl (C=O) groups excluding carboxylic acids is 1. The van der Waals surface area contributed by atoms with Gasteiger partial charge in [-0.15, -0.1) is 11.3 Å². The summed E-state index contributed by atoms with van der Waals surface area (Å²) in [5.41, 5.74) is 3.14. The van der Waals surface area contributed by atoms with Crippen LogP contribution in [0, 0.1) is 0 Å². The molecule has 0 saturated heterocycles. The van der Waals surface area contributed by atoms with E-state index in [1.807, 2.05) is 55.4 Å². The monoisotopic (exact) mass is 324 g/mol. The third-order valence-corrected chi connectivity index (χ3v) is 4.18. The molecule has 3 rings (SSSR count). The van der Waals surface area contributed by atoms with E-state index in [0.717, 1.165) is 21.9 Å². The van der Waals surface area contributed by atoms with E-state index in [9.17, 15) is 4.79 Å². The van der Waals surface area contributed by atoms with Gasteiger partial charge < -0.3 is 10.2 Å². The van der Waals surface area contributed by atoms with Crippen molar-refractivity contribution in [2.24, 2.45) is 0 Å². The van der Waals surface area contributed by atoms with Crippen molar-refractivity contribution in [1.82, 2.24) is 9.97 Å². The summed E-state index contributed by atoms with van der Waals surface area (Å²) in [6, 6.07) is 11.4. The summed E-state index contributed by atoms with van der Waals surface area (Å²) in [4.78, 5) is 22.7. The van der Waals surface area contributed by atoms with Crippen molar-refractivity contribution in [2.75, 3.05) is 24.3 Å². The van der Waals surface area contributed by atoms with Gasteiger partial charge in [0.05, 0.1) is 0 Å². The van der Waals surface area contributed by atoms with Gasteiger partial charge in [0.25, 0.3) is 5.91 Å². The molecule has 1 N–H and O–H groups in total. The molecule has 1 amide bonds. The molecule has 0 aliphatic heterocycles. The Balaban J connectivity index is 1.72. The number of benzene rings is 1. The topological polar surface area (TPSA) is 58.1 Å². The SMILES string of the molecule is CN(C)c1ccc(NC(=O)c2csc(-c3cccnc3)n2)cc1. The molecule has 23 heavy (non-hydrogen) atoms. The Labute approximate surface area is 138 Å². The third-order valence-electron chi connectivity index (χ3n) is 3.29. The lowest BCUT2D eigenvalue weighted by atomic mass is 10.2. The summed E-state index contributed by atoms with van der Waals surface area (Å²) in [7, 11) is 3.95. The number of hydrogen-bond acceptors (Lipinski definition) is 5. The second-order valence-electron chi connectivity index (χ2n) is 5.18. The van der Waals surface area contributed by atoms with E-state index in [1.54, 1.807) is 17.8 Å². The van der Waals surface area contributed by atoms with Gasteiger partial charge in [0.15, 0.2) is 0 Å². The molecule has 0 aliphatic carbocycles. The second-order valence-corrected chi connectivity index (χ2v) is 6.03. The van der Waals surface area contributed by atoms with Crippen molar-refractivity contribution in [3.05, 3.63) is 59.9 Å². The Kier molecular flexibility index (Phi) is 4.34. The van der Waals surface area contributed by atoms with E-state index >= 15 is 0 Å². The number of hydrogen-bond donors (Lipinski definition) is 1. The molecule has 0 bridgehead atoms. The lowest BCUT2D eigenvalue weighted by Gasteiger charge is -2.12. The normalized spacial score (nSPS) is 10.3. The number of carbonyl (C=O) groups is 1. The zero-order valence-electron chi connectivity index (χ0n) is 12.9. The molecule has 0 unspecified atom stereocenters. The number of thiazole rings is 1. The van der Waals surface area contributed by atoms with E-state index in [0.29, 0.717) is 5.69 Å². The van der Waals surface area contributed by atoms with Gasteiger partial charge in [-0.25, -0.2) is 4.98 Å². The van der Waals surface area contributed by atoms with Crippen LogP contribution in [-0.4, -0.2) is 30.0 Å². The number of nitrogens with one attached hydrogen (secondary N) is 1. The van der Waals surface area contributed by atoms with Crippen molar-refractivity contribution in [2.45, 2.75) is 0 Å². The zero-order chi connectivity index (χ0) is 16.2. The van der Waals surface area contributed by atoms with Crippen LogP contribution in [0.3, 0.4) is 0 Å². The second kappa shape index (κ2) is 6.58. The van der Waals surface area contributed by atoms with Gasteiger partial charge in [-0.3, -0.25) is 9.78 Å². The van der Waals surface area contributed by atoms with Crippen LogP contribution in [0.4, 0.5) is 11.4 Å². The van der Waals surface area contributed by atoms with Crippen LogP contribution in [0.25, 0.3) is 10.6 Å². The number of rotatable bonds is 4. The highest BCUT2D eigenvalue weighted by Crippen LogP contribution is 2.23. The first-order valence-corrected chi connectivity index (χ1v) is 7.96. The quantitative estimate of drug-likeness (QED) is 0.798. The van der Waals surface area contributed by atoms with Gasteiger partial charge in [0, 0.05) is 48.8 Å². The molecule has 6 heteroatoms. The molecule has 116 valence electrons. The van der Waals surface area contributed by atoms with Crippen molar-refractivity contribution in [3.63, 3.8) is 0 Å². The Morgan fingerprint density at radius 1 is 1.17 bits per heavy atom. The van der Waals surface area contributed by atoms with E-state index in [1.165, 1.54) is 11.3 Å². The maximum absolute atomic E-state index is 12.3. The van der Waals surface area contributed by atoms with Gasteiger partial charge in [0.1, 0.15) is 10.7 Å². The highest BCUT2D eigenvalue weighted by molar-refractivity contribution is 7.13. The molecule has 0 atom stereocenters. The predicted molar refractivity (Wildman–Crippen MR) is 94.1 cm³/mol. The Morgan fingerprint density at radius 3 is 2.61 bits per heavy atom. The Bertz CT molecular complexity index is 797. The maximum atomic E-state index is 12.3. The third kappa shape index (κ3) is 3.54. The summed E-state index contributed by atoms with van der Waals surface area (Å²) >= 11 is 1.43. The average Bonchev–Trinajstić information content (AvgIpc) is 3.06. The number of aromatic nitrogens is 2. The minimum Gasteiger partial charge on any atom is -0.378 e. The summed E-state index contributed by atoms with van der Waals surface area (Å²) in [5.74, 6) is -0.214. The molecule has 0 aliphatic rings. The predicted octanol–water partition coefficient (Wildman–Crippen LogP) is 3.52. The Hall–Kier alpha value is -2.73. The van der Waals surface area contributed by atoms with Crippen LogP contribution in [0.5, 0.6) is 0 Å². The van der Waals surface area contributed by atoms with Gasteiger partial charge in [-0.1, -0.05) is 0 Å².